The standard InChI is InChI=1S/C14H23N3S/c1-9-13(5-6-15)18-14(16-9)10-7-11-3-4-12(8-10)17(11)2/h10-12H,3-8,15H2,1-2H3. The molecule has 0 saturated carbocycles. The van der Waals surface area contributed by atoms with Crippen LogP contribution >= 0.6 is 11.3 Å². The SMILES string of the molecule is Cc1nc(C2CC3CCC(C2)N3C)sc1CCN. The van der Waals surface area contributed by atoms with Crippen molar-refractivity contribution in [3.63, 3.8) is 0 Å². The highest BCUT2D eigenvalue weighted by Gasteiger charge is 2.39. The predicted octanol–water partition coefficient (Wildman–Crippen LogP) is 2.29. The minimum Gasteiger partial charge on any atom is -0.330 e. The van der Waals surface area contributed by atoms with Gasteiger partial charge in [-0.15, -0.1) is 11.3 Å². The number of nitrogens with two attached hydrogens (primary N) is 1. The molecule has 3 heterocycles. The number of aryl methyl sites for hydroxylation is 1. The van der Waals surface area contributed by atoms with E-state index in [2.05, 4.69) is 18.9 Å². The molecule has 3 rings (SSSR count). The smallest absolute Gasteiger partial charge is 0.0963 e. The van der Waals surface area contributed by atoms with Gasteiger partial charge in [-0.2, -0.15) is 0 Å². The van der Waals surface area contributed by atoms with Gasteiger partial charge in [0.1, 0.15) is 0 Å². The van der Waals surface area contributed by atoms with Crippen molar-refractivity contribution in [1.82, 2.24) is 9.88 Å². The fourth-order valence-electron chi connectivity index (χ4n) is 3.60. The molecular formula is C14H23N3S. The van der Waals surface area contributed by atoms with Crippen molar-refractivity contribution in [2.24, 2.45) is 5.73 Å². The van der Waals surface area contributed by atoms with Crippen molar-refractivity contribution in [2.45, 2.75) is 57.0 Å². The first-order chi connectivity index (χ1) is 8.69. The van der Waals surface area contributed by atoms with Crippen LogP contribution in [0.4, 0.5) is 0 Å². The van der Waals surface area contributed by atoms with Crippen molar-refractivity contribution in [2.75, 3.05) is 13.6 Å². The lowest BCUT2D eigenvalue weighted by atomic mass is 9.92. The second kappa shape index (κ2) is 4.91. The molecule has 2 fully saturated rings. The maximum absolute atomic E-state index is 5.66. The van der Waals surface area contributed by atoms with Crippen LogP contribution in [0, 0.1) is 6.92 Å². The fourth-order valence-corrected chi connectivity index (χ4v) is 4.81. The Kier molecular flexibility index (Phi) is 3.43. The van der Waals surface area contributed by atoms with Gasteiger partial charge in [-0.3, -0.25) is 0 Å². The van der Waals surface area contributed by atoms with E-state index in [4.69, 9.17) is 10.7 Å². The first kappa shape index (κ1) is 12.6. The van der Waals surface area contributed by atoms with Gasteiger partial charge < -0.3 is 10.6 Å². The third kappa shape index (κ3) is 2.10. The van der Waals surface area contributed by atoms with Crippen molar-refractivity contribution >= 4 is 11.3 Å². The Balaban J connectivity index is 1.77. The first-order valence-electron chi connectivity index (χ1n) is 7.07. The zero-order valence-electron chi connectivity index (χ0n) is 11.4. The number of nitrogens with zero attached hydrogens (tertiary/aromatic N) is 2. The summed E-state index contributed by atoms with van der Waals surface area (Å²) in [5.41, 5.74) is 6.88. The summed E-state index contributed by atoms with van der Waals surface area (Å²) >= 11 is 1.91. The van der Waals surface area contributed by atoms with Gasteiger partial charge in [0, 0.05) is 22.9 Å². The van der Waals surface area contributed by atoms with Gasteiger partial charge >= 0.3 is 0 Å². The second-order valence-electron chi connectivity index (χ2n) is 5.82. The average molecular weight is 265 g/mol. The molecule has 18 heavy (non-hydrogen) atoms. The van der Waals surface area contributed by atoms with E-state index in [1.165, 1.54) is 41.3 Å². The fraction of sp³-hybridized carbons (Fsp3) is 0.786. The molecule has 2 bridgehead atoms. The molecule has 0 radical (unpaired) electrons. The topological polar surface area (TPSA) is 42.2 Å². The number of piperidine rings is 1. The van der Waals surface area contributed by atoms with E-state index in [1.807, 2.05) is 11.3 Å². The van der Waals surface area contributed by atoms with Crippen molar-refractivity contribution in [1.29, 1.82) is 0 Å². The van der Waals surface area contributed by atoms with Gasteiger partial charge in [0.25, 0.3) is 0 Å². The molecule has 2 aliphatic rings. The van der Waals surface area contributed by atoms with E-state index >= 15 is 0 Å². The van der Waals surface area contributed by atoms with Crippen LogP contribution in [0.25, 0.3) is 0 Å². The highest BCUT2D eigenvalue weighted by molar-refractivity contribution is 7.11. The lowest BCUT2D eigenvalue weighted by molar-refractivity contribution is 0.161. The Morgan fingerprint density at radius 2 is 2.00 bits per heavy atom. The van der Waals surface area contributed by atoms with Gasteiger partial charge in [0.2, 0.25) is 0 Å². The molecule has 0 aromatic carbocycles. The third-order valence-electron chi connectivity index (χ3n) is 4.73. The molecule has 2 unspecified atom stereocenters. The molecule has 4 heteroatoms. The molecule has 0 amide bonds. The number of fused-ring (bicyclic) bond motifs is 2. The van der Waals surface area contributed by atoms with Crippen LogP contribution in [0.2, 0.25) is 0 Å². The van der Waals surface area contributed by atoms with E-state index in [-0.39, 0.29) is 0 Å². The molecule has 2 saturated heterocycles. The van der Waals surface area contributed by atoms with Crippen LogP contribution in [-0.4, -0.2) is 35.6 Å². The van der Waals surface area contributed by atoms with Gasteiger partial charge in [-0.05, 0) is 52.6 Å². The Labute approximate surface area is 113 Å². The summed E-state index contributed by atoms with van der Waals surface area (Å²) in [7, 11) is 2.30. The Morgan fingerprint density at radius 1 is 1.33 bits per heavy atom. The highest BCUT2D eigenvalue weighted by atomic mass is 32.1. The maximum atomic E-state index is 5.66. The van der Waals surface area contributed by atoms with Gasteiger partial charge in [0.15, 0.2) is 0 Å². The van der Waals surface area contributed by atoms with Gasteiger partial charge in [0.05, 0.1) is 10.7 Å². The van der Waals surface area contributed by atoms with E-state index in [0.29, 0.717) is 5.92 Å². The normalized spacial score (nSPS) is 32.1. The third-order valence-corrected chi connectivity index (χ3v) is 6.11. The Hall–Kier alpha value is -0.450. The van der Waals surface area contributed by atoms with E-state index in [1.54, 1.807) is 0 Å². The van der Waals surface area contributed by atoms with Crippen LogP contribution in [-0.2, 0) is 6.42 Å². The van der Waals surface area contributed by atoms with E-state index in [0.717, 1.165) is 25.0 Å². The zero-order chi connectivity index (χ0) is 12.7. The number of hydrogen-bond acceptors (Lipinski definition) is 4. The van der Waals surface area contributed by atoms with E-state index < -0.39 is 0 Å². The van der Waals surface area contributed by atoms with Crippen LogP contribution in [0.15, 0.2) is 0 Å². The lowest BCUT2D eigenvalue weighted by Gasteiger charge is -2.35. The molecule has 2 aliphatic heterocycles. The second-order valence-corrected chi connectivity index (χ2v) is 6.93. The van der Waals surface area contributed by atoms with Crippen molar-refractivity contribution in [3.05, 3.63) is 15.6 Å². The Morgan fingerprint density at radius 3 is 2.61 bits per heavy atom. The van der Waals surface area contributed by atoms with Crippen LogP contribution < -0.4 is 5.73 Å². The summed E-state index contributed by atoms with van der Waals surface area (Å²) in [6.45, 7) is 2.87. The maximum Gasteiger partial charge on any atom is 0.0963 e. The van der Waals surface area contributed by atoms with Crippen molar-refractivity contribution in [3.8, 4) is 0 Å². The summed E-state index contributed by atoms with van der Waals surface area (Å²) in [6.07, 6.45) is 6.38. The average Bonchev–Trinajstić information content (AvgIpc) is 2.78. The summed E-state index contributed by atoms with van der Waals surface area (Å²) < 4.78 is 0. The molecule has 2 atom stereocenters. The molecule has 1 aromatic rings. The van der Waals surface area contributed by atoms with Gasteiger partial charge in [-0.25, -0.2) is 4.98 Å². The van der Waals surface area contributed by atoms with Crippen LogP contribution in [0.5, 0.6) is 0 Å². The molecule has 0 aliphatic carbocycles. The minimum atomic E-state index is 0.703. The van der Waals surface area contributed by atoms with Crippen LogP contribution in [0.3, 0.4) is 0 Å². The number of aromatic nitrogens is 1. The van der Waals surface area contributed by atoms with Gasteiger partial charge in [-0.1, -0.05) is 0 Å². The largest absolute Gasteiger partial charge is 0.330 e. The summed E-state index contributed by atoms with van der Waals surface area (Å²) in [4.78, 5) is 8.82. The van der Waals surface area contributed by atoms with Crippen LogP contribution in [0.1, 0.15) is 47.2 Å². The number of hydrogen-bond donors (Lipinski definition) is 1. The predicted molar refractivity (Wildman–Crippen MR) is 76.2 cm³/mol. The van der Waals surface area contributed by atoms with E-state index in [9.17, 15) is 0 Å². The quantitative estimate of drug-likeness (QED) is 0.912. The Bertz CT molecular complexity index is 415. The summed E-state index contributed by atoms with van der Waals surface area (Å²) in [5, 5.41) is 1.38. The summed E-state index contributed by atoms with van der Waals surface area (Å²) in [6, 6.07) is 1.60. The number of thiazole rings is 1. The molecule has 2 N–H and O–H groups in total. The lowest BCUT2D eigenvalue weighted by Crippen LogP contribution is -2.39. The molecular weight excluding hydrogens is 242 g/mol. The monoisotopic (exact) mass is 265 g/mol. The molecule has 3 nitrogen and oxygen atoms in total. The summed E-state index contributed by atoms with van der Waals surface area (Å²) in [5.74, 6) is 0.703. The highest BCUT2D eigenvalue weighted by Crippen LogP contribution is 2.43. The minimum absolute atomic E-state index is 0.703. The molecule has 0 spiro atoms. The first-order valence-corrected chi connectivity index (χ1v) is 7.89. The molecule has 1 aromatic heterocycles. The molecule has 100 valence electrons. The van der Waals surface area contributed by atoms with Crippen molar-refractivity contribution < 1.29 is 0 Å². The zero-order valence-corrected chi connectivity index (χ0v) is 12.2. The number of rotatable bonds is 3.